The zero-order chi connectivity index (χ0) is 26.6. The van der Waals surface area contributed by atoms with Gasteiger partial charge in [-0.05, 0) is 6.42 Å². The molecule has 19 heteroatoms. The first-order chi connectivity index (χ1) is 13.6. The molecule has 190 valence electrons. The number of carbonyl (C=O) groups is 1. The van der Waals surface area contributed by atoms with Crippen molar-refractivity contribution in [1.82, 2.24) is 5.32 Å². The van der Waals surface area contributed by atoms with Crippen molar-refractivity contribution in [2.75, 3.05) is 0 Å². The van der Waals surface area contributed by atoms with E-state index < -0.39 is 65.7 Å². The minimum atomic E-state index is -8.71. The fourth-order valence-electron chi connectivity index (χ4n) is 1.63. The fraction of sp³-hybridized carbons (Fsp3) is 0.769. The predicted octanol–water partition coefficient (Wildman–Crippen LogP) is 6.04. The fourth-order valence-corrected chi connectivity index (χ4v) is 1.63. The molecule has 32 heavy (non-hydrogen) atoms. The molecule has 0 aromatic heterocycles. The Morgan fingerprint density at radius 3 is 1.16 bits per heavy atom. The van der Waals surface area contributed by atoms with Gasteiger partial charge in [-0.3, -0.25) is 10.1 Å². The van der Waals surface area contributed by atoms with Gasteiger partial charge in [-0.25, -0.2) is 0 Å². The summed E-state index contributed by atoms with van der Waals surface area (Å²) < 4.78 is 221. The van der Waals surface area contributed by atoms with Gasteiger partial charge in [0.1, 0.15) is 0 Å². The number of amides is 1. The van der Waals surface area contributed by atoms with Crippen molar-refractivity contribution in [2.45, 2.75) is 61.1 Å². The van der Waals surface area contributed by atoms with Gasteiger partial charge in [0, 0.05) is 5.57 Å². The number of alkyl halides is 17. The maximum absolute atomic E-state index is 13.4. The van der Waals surface area contributed by atoms with Crippen LogP contribution in [0.4, 0.5) is 74.6 Å². The lowest BCUT2D eigenvalue weighted by Crippen LogP contribution is -2.75. The van der Waals surface area contributed by atoms with E-state index in [1.165, 1.54) is 0 Å². The summed E-state index contributed by atoms with van der Waals surface area (Å²) in [7, 11) is 0. The summed E-state index contributed by atoms with van der Waals surface area (Å²) in [6.07, 6.45) is -8.47. The average molecular weight is 517 g/mol. The first kappa shape index (κ1) is 30.0. The summed E-state index contributed by atoms with van der Waals surface area (Å²) in [6, 6.07) is -6.97. The van der Waals surface area contributed by atoms with Crippen molar-refractivity contribution in [3.8, 4) is 0 Å². The maximum atomic E-state index is 13.4. The van der Waals surface area contributed by atoms with E-state index >= 15 is 0 Å². The topological polar surface area (TPSA) is 29.1 Å². The molecular formula is C13H8F17NO. The van der Waals surface area contributed by atoms with Crippen molar-refractivity contribution in [1.29, 1.82) is 0 Å². The maximum Gasteiger partial charge on any atom is 0.460 e. The second kappa shape index (κ2) is 7.81. The molecule has 0 rings (SSSR count). The van der Waals surface area contributed by atoms with Crippen molar-refractivity contribution in [3.05, 3.63) is 12.2 Å². The van der Waals surface area contributed by atoms with Gasteiger partial charge in [0.15, 0.2) is 0 Å². The zero-order valence-corrected chi connectivity index (χ0v) is 14.7. The normalized spacial score (nSPS) is 15.6. The van der Waals surface area contributed by atoms with E-state index in [1.807, 2.05) is 0 Å². The van der Waals surface area contributed by atoms with Crippen molar-refractivity contribution in [2.24, 2.45) is 0 Å². The summed E-state index contributed by atoms with van der Waals surface area (Å²) in [4.78, 5) is 11.1. The Bertz CT molecular complexity index is 735. The molecule has 0 heterocycles. The second-order valence-electron chi connectivity index (χ2n) is 5.93. The summed E-state index contributed by atoms with van der Waals surface area (Å²) in [5, 5.41) is -0.326. The summed E-state index contributed by atoms with van der Waals surface area (Å²) in [5.41, 5.74) is -1.10. The molecule has 0 bridgehead atoms. The second-order valence-corrected chi connectivity index (χ2v) is 5.93. The Kier molecular flexibility index (Phi) is 7.32. The van der Waals surface area contributed by atoms with Crippen LogP contribution in [-0.4, -0.2) is 53.7 Å². The molecule has 0 aromatic carbocycles. The van der Waals surface area contributed by atoms with E-state index in [1.54, 1.807) is 0 Å². The highest BCUT2D eigenvalue weighted by Crippen LogP contribution is 2.63. The SMILES string of the molecule is C=C(CC)C(=O)NC(F)(F)C(F)(F)C(F)(F)C(F)(F)C(F)(F)C(F)(F)C(F)(F)C(F)(F)F. The molecule has 0 aliphatic heterocycles. The number of hydrogen-bond donors (Lipinski definition) is 1. The van der Waals surface area contributed by atoms with Gasteiger partial charge >= 0.3 is 47.8 Å². The van der Waals surface area contributed by atoms with Crippen LogP contribution in [0, 0.1) is 0 Å². The molecule has 0 fully saturated rings. The van der Waals surface area contributed by atoms with Crippen LogP contribution in [0.25, 0.3) is 0 Å². The van der Waals surface area contributed by atoms with E-state index in [2.05, 4.69) is 6.58 Å². The molecule has 0 saturated heterocycles. The number of hydrogen-bond acceptors (Lipinski definition) is 1. The lowest BCUT2D eigenvalue weighted by atomic mass is 9.90. The molecule has 0 unspecified atom stereocenters. The Morgan fingerprint density at radius 2 is 0.875 bits per heavy atom. The lowest BCUT2D eigenvalue weighted by Gasteiger charge is -2.42. The van der Waals surface area contributed by atoms with Crippen molar-refractivity contribution < 1.29 is 79.4 Å². The van der Waals surface area contributed by atoms with Gasteiger partial charge in [0.05, 0.1) is 0 Å². The molecule has 0 aliphatic carbocycles. The Balaban J connectivity index is 6.65. The standard InChI is InChI=1S/C13H8F17NO/c1-3-4(2)5(32)31-13(29,30)11(24,25)9(20,21)7(16,17)6(14,15)8(18,19)10(22,23)12(26,27)28/h2-3H2,1H3,(H,31,32). The van der Waals surface area contributed by atoms with Crippen molar-refractivity contribution in [3.63, 3.8) is 0 Å². The number of nitrogens with one attached hydrogen (secondary N) is 1. The highest BCUT2D eigenvalue weighted by molar-refractivity contribution is 5.93. The number of rotatable bonds is 9. The minimum Gasteiger partial charge on any atom is -0.288 e. The molecule has 0 aliphatic rings. The highest BCUT2D eigenvalue weighted by Gasteiger charge is 2.95. The van der Waals surface area contributed by atoms with Crippen LogP contribution >= 0.6 is 0 Å². The lowest BCUT2D eigenvalue weighted by molar-refractivity contribution is -0.462. The van der Waals surface area contributed by atoms with Crippen LogP contribution in [0.5, 0.6) is 0 Å². The van der Waals surface area contributed by atoms with E-state index in [-0.39, 0.29) is 5.32 Å². The minimum absolute atomic E-state index is 0.326. The molecule has 0 spiro atoms. The molecule has 0 radical (unpaired) electrons. The van der Waals surface area contributed by atoms with Gasteiger partial charge in [-0.2, -0.15) is 74.6 Å². The average Bonchev–Trinajstić information content (AvgIpc) is 2.58. The molecule has 0 saturated carbocycles. The van der Waals surface area contributed by atoms with Crippen LogP contribution in [0.3, 0.4) is 0 Å². The first-order valence-corrected chi connectivity index (χ1v) is 7.33. The molecule has 2 nitrogen and oxygen atoms in total. The molecular weight excluding hydrogens is 509 g/mol. The Morgan fingerprint density at radius 1 is 0.594 bits per heavy atom. The van der Waals surface area contributed by atoms with E-state index in [4.69, 9.17) is 0 Å². The van der Waals surface area contributed by atoms with Crippen LogP contribution < -0.4 is 5.32 Å². The van der Waals surface area contributed by atoms with Gasteiger partial charge in [-0.1, -0.05) is 13.5 Å². The van der Waals surface area contributed by atoms with Crippen LogP contribution in [-0.2, 0) is 4.79 Å². The van der Waals surface area contributed by atoms with Crippen LogP contribution in [0.2, 0.25) is 0 Å². The summed E-state index contributed by atoms with van der Waals surface area (Å²) in [6.45, 7) is 3.57. The Labute approximate surface area is 165 Å². The largest absolute Gasteiger partial charge is 0.460 e. The highest BCUT2D eigenvalue weighted by atomic mass is 19.4. The summed E-state index contributed by atoms with van der Waals surface area (Å²) >= 11 is 0. The monoisotopic (exact) mass is 517 g/mol. The van der Waals surface area contributed by atoms with E-state index in [0.717, 1.165) is 6.92 Å². The van der Waals surface area contributed by atoms with Crippen LogP contribution in [0.15, 0.2) is 12.2 Å². The third-order valence-electron chi connectivity index (χ3n) is 3.74. The quantitative estimate of drug-likeness (QED) is 0.226. The van der Waals surface area contributed by atoms with Gasteiger partial charge in [-0.15, -0.1) is 0 Å². The first-order valence-electron chi connectivity index (χ1n) is 7.33. The predicted molar refractivity (Wildman–Crippen MR) is 68.3 cm³/mol. The molecule has 0 atom stereocenters. The molecule has 1 N–H and O–H groups in total. The van der Waals surface area contributed by atoms with E-state index in [9.17, 15) is 79.4 Å². The molecule has 0 aromatic rings. The van der Waals surface area contributed by atoms with Crippen LogP contribution in [0.1, 0.15) is 13.3 Å². The smallest absolute Gasteiger partial charge is 0.288 e. The third kappa shape index (κ3) is 3.94. The van der Waals surface area contributed by atoms with Crippen molar-refractivity contribution >= 4 is 5.91 Å². The summed E-state index contributed by atoms with van der Waals surface area (Å²) in [5.74, 6) is -53.0. The van der Waals surface area contributed by atoms with Gasteiger partial charge in [0.25, 0.3) is 5.91 Å². The number of carbonyl (C=O) groups excluding carboxylic acids is 1. The molecule has 1 amide bonds. The zero-order valence-electron chi connectivity index (χ0n) is 14.7. The number of halogens is 17. The van der Waals surface area contributed by atoms with Gasteiger partial charge < -0.3 is 0 Å². The third-order valence-corrected chi connectivity index (χ3v) is 3.74. The van der Waals surface area contributed by atoms with E-state index in [0.29, 0.717) is 0 Å². The van der Waals surface area contributed by atoms with Gasteiger partial charge in [0.2, 0.25) is 0 Å². The Hall–Kier alpha value is -1.98.